The molecule has 2 amide bonds. The van der Waals surface area contributed by atoms with Crippen molar-refractivity contribution in [3.8, 4) is 5.75 Å². The van der Waals surface area contributed by atoms with Crippen LogP contribution < -0.4 is 15.0 Å². The van der Waals surface area contributed by atoms with Gasteiger partial charge in [-0.05, 0) is 43.2 Å². The van der Waals surface area contributed by atoms with Gasteiger partial charge in [0.2, 0.25) is 11.8 Å². The first-order valence-electron chi connectivity index (χ1n) is 9.32. The molecule has 0 spiro atoms. The third kappa shape index (κ3) is 3.39. The van der Waals surface area contributed by atoms with Gasteiger partial charge in [-0.2, -0.15) is 0 Å². The van der Waals surface area contributed by atoms with Gasteiger partial charge in [0.15, 0.2) is 0 Å². The summed E-state index contributed by atoms with van der Waals surface area (Å²) in [7, 11) is 1.49. The van der Waals surface area contributed by atoms with Crippen LogP contribution in [0.3, 0.4) is 0 Å². The number of allylic oxidation sites excluding steroid dienone is 2. The molecule has 4 rings (SSSR count). The molecule has 1 aliphatic heterocycles. The van der Waals surface area contributed by atoms with Gasteiger partial charge >= 0.3 is 0 Å². The molecule has 2 aliphatic rings. The van der Waals surface area contributed by atoms with E-state index in [1.165, 1.54) is 25.3 Å². The lowest BCUT2D eigenvalue weighted by molar-refractivity contribution is -0.383. The molecule has 154 valence electrons. The number of anilines is 3. The van der Waals surface area contributed by atoms with E-state index in [2.05, 4.69) is 5.32 Å². The first-order valence-corrected chi connectivity index (χ1v) is 9.70. The summed E-state index contributed by atoms with van der Waals surface area (Å²) in [5, 5.41) is 15.0. The van der Waals surface area contributed by atoms with Crippen molar-refractivity contribution in [2.45, 2.75) is 12.8 Å². The summed E-state index contributed by atoms with van der Waals surface area (Å²) in [4.78, 5) is 37.7. The first kappa shape index (κ1) is 19.9. The van der Waals surface area contributed by atoms with E-state index in [0.29, 0.717) is 29.3 Å². The zero-order chi connectivity index (χ0) is 21.4. The van der Waals surface area contributed by atoms with E-state index in [-0.39, 0.29) is 28.9 Å². The Morgan fingerprint density at radius 3 is 2.33 bits per heavy atom. The number of nitrogens with one attached hydrogen (secondary N) is 1. The van der Waals surface area contributed by atoms with E-state index in [1.54, 1.807) is 18.2 Å². The topological polar surface area (TPSA) is 102 Å². The number of rotatable bonds is 5. The Balaban J connectivity index is 1.66. The summed E-state index contributed by atoms with van der Waals surface area (Å²) in [6.45, 7) is 0. The number of hydrogen-bond donors (Lipinski definition) is 1. The minimum absolute atomic E-state index is 0.199. The average Bonchev–Trinajstić information content (AvgIpc) is 2.99. The smallest absolute Gasteiger partial charge is 0.294 e. The van der Waals surface area contributed by atoms with Gasteiger partial charge in [0.25, 0.3) is 5.69 Å². The highest BCUT2D eigenvalue weighted by Crippen LogP contribution is 2.40. The monoisotopic (exact) mass is 427 g/mol. The molecule has 2 aromatic rings. The number of carbonyl (C=O) groups excluding carboxylic acids is 2. The molecule has 0 unspecified atom stereocenters. The van der Waals surface area contributed by atoms with Crippen LogP contribution in [0.25, 0.3) is 0 Å². The quantitative estimate of drug-likeness (QED) is 0.327. The number of imide groups is 1. The second kappa shape index (κ2) is 7.79. The van der Waals surface area contributed by atoms with Gasteiger partial charge in [-0.15, -0.1) is 0 Å². The maximum atomic E-state index is 12.8. The van der Waals surface area contributed by atoms with Gasteiger partial charge in [-0.3, -0.25) is 19.7 Å². The molecule has 1 saturated heterocycles. The summed E-state index contributed by atoms with van der Waals surface area (Å²) < 4.78 is 5.10. The summed E-state index contributed by atoms with van der Waals surface area (Å²) in [5.41, 5.74) is 0.683. The first-order chi connectivity index (χ1) is 14.4. The second-order valence-electron chi connectivity index (χ2n) is 7.10. The van der Waals surface area contributed by atoms with Crippen molar-refractivity contribution in [2.24, 2.45) is 11.8 Å². The number of carbonyl (C=O) groups is 2. The van der Waals surface area contributed by atoms with Crippen LogP contribution >= 0.6 is 11.6 Å². The Morgan fingerprint density at radius 2 is 1.77 bits per heavy atom. The molecule has 1 fully saturated rings. The van der Waals surface area contributed by atoms with Crippen LogP contribution in [-0.4, -0.2) is 23.8 Å². The average molecular weight is 428 g/mol. The van der Waals surface area contributed by atoms with E-state index in [4.69, 9.17) is 16.3 Å². The Labute approximate surface area is 177 Å². The number of hydrogen-bond acceptors (Lipinski definition) is 6. The normalized spacial score (nSPS) is 20.3. The largest absolute Gasteiger partial charge is 0.495 e. The van der Waals surface area contributed by atoms with Crippen molar-refractivity contribution in [1.82, 2.24) is 0 Å². The molecule has 0 saturated carbocycles. The minimum Gasteiger partial charge on any atom is -0.495 e. The number of ether oxygens (including phenoxy) is 1. The third-order valence-electron chi connectivity index (χ3n) is 5.37. The van der Waals surface area contributed by atoms with E-state index in [1.807, 2.05) is 12.2 Å². The third-order valence-corrected chi connectivity index (χ3v) is 5.67. The van der Waals surface area contributed by atoms with Crippen molar-refractivity contribution in [3.63, 3.8) is 0 Å². The highest BCUT2D eigenvalue weighted by molar-refractivity contribution is 6.32. The Kier molecular flexibility index (Phi) is 5.17. The van der Waals surface area contributed by atoms with Crippen molar-refractivity contribution in [3.05, 3.63) is 63.7 Å². The number of halogens is 1. The number of nitro benzene ring substituents is 1. The van der Waals surface area contributed by atoms with Gasteiger partial charge in [-0.1, -0.05) is 23.8 Å². The summed E-state index contributed by atoms with van der Waals surface area (Å²) >= 11 is 6.12. The predicted octanol–water partition coefficient (Wildman–Crippen LogP) is 4.46. The minimum atomic E-state index is -0.559. The summed E-state index contributed by atoms with van der Waals surface area (Å²) in [6.07, 6.45) is 4.80. The van der Waals surface area contributed by atoms with E-state index in [9.17, 15) is 19.7 Å². The van der Waals surface area contributed by atoms with Gasteiger partial charge in [-0.25, -0.2) is 4.90 Å². The summed E-state index contributed by atoms with van der Waals surface area (Å²) in [5.74, 6) is -0.951. The van der Waals surface area contributed by atoms with Gasteiger partial charge < -0.3 is 10.1 Å². The molecular weight excluding hydrogens is 410 g/mol. The fourth-order valence-electron chi connectivity index (χ4n) is 3.87. The van der Waals surface area contributed by atoms with Crippen molar-refractivity contribution in [1.29, 1.82) is 0 Å². The molecule has 30 heavy (non-hydrogen) atoms. The zero-order valence-corrected chi connectivity index (χ0v) is 16.8. The van der Waals surface area contributed by atoms with Crippen molar-refractivity contribution >= 4 is 46.2 Å². The van der Waals surface area contributed by atoms with Gasteiger partial charge in [0.1, 0.15) is 11.4 Å². The van der Waals surface area contributed by atoms with Crippen LogP contribution in [0.1, 0.15) is 12.8 Å². The fourth-order valence-corrected chi connectivity index (χ4v) is 4.13. The molecule has 0 bridgehead atoms. The van der Waals surface area contributed by atoms with Gasteiger partial charge in [0.05, 0.1) is 34.6 Å². The van der Waals surface area contributed by atoms with Crippen LogP contribution in [0.5, 0.6) is 5.75 Å². The highest BCUT2D eigenvalue weighted by Gasteiger charge is 2.48. The van der Waals surface area contributed by atoms with Crippen molar-refractivity contribution < 1.29 is 19.2 Å². The molecule has 9 heteroatoms. The Morgan fingerprint density at radius 1 is 1.10 bits per heavy atom. The standard InChI is InChI=1S/C21H18ClN3O5/c1-30-19-9-6-12(10-16(19)22)23-17-8-7-13(11-18(17)25(28)29)24-20(26)14-4-2-3-5-15(14)21(24)27/h2-3,6-11,14-15,23H,4-5H2,1H3/t14-,15-/m0/s1. The number of fused-ring (bicyclic) bond motifs is 1. The maximum absolute atomic E-state index is 12.8. The SMILES string of the molecule is COc1ccc(Nc2ccc(N3C(=O)[C@H]4CC=CC[C@@H]4C3=O)cc2[N+](=O)[O-])cc1Cl. The lowest BCUT2D eigenvalue weighted by Crippen LogP contribution is -2.30. The Hall–Kier alpha value is -3.39. The maximum Gasteiger partial charge on any atom is 0.294 e. The number of benzene rings is 2. The molecule has 2 aromatic carbocycles. The van der Waals surface area contributed by atoms with Crippen molar-refractivity contribution in [2.75, 3.05) is 17.3 Å². The number of nitro groups is 1. The Bertz CT molecular complexity index is 1060. The van der Waals surface area contributed by atoms with Crippen LogP contribution in [0.4, 0.5) is 22.7 Å². The molecule has 1 heterocycles. The van der Waals surface area contributed by atoms with E-state index >= 15 is 0 Å². The zero-order valence-electron chi connectivity index (χ0n) is 16.0. The summed E-state index contributed by atoms with van der Waals surface area (Å²) in [6, 6.07) is 9.15. The molecule has 8 nitrogen and oxygen atoms in total. The van der Waals surface area contributed by atoms with Gasteiger partial charge in [0, 0.05) is 11.8 Å². The lowest BCUT2D eigenvalue weighted by Gasteiger charge is -2.16. The van der Waals surface area contributed by atoms with Crippen LogP contribution in [0.15, 0.2) is 48.6 Å². The van der Waals surface area contributed by atoms with Crippen LogP contribution in [0.2, 0.25) is 5.02 Å². The molecule has 1 N–H and O–H groups in total. The predicted molar refractivity (Wildman–Crippen MR) is 112 cm³/mol. The lowest BCUT2D eigenvalue weighted by atomic mass is 9.85. The van der Waals surface area contributed by atoms with E-state index in [0.717, 1.165) is 4.90 Å². The number of nitrogens with zero attached hydrogens (tertiary/aromatic N) is 2. The highest BCUT2D eigenvalue weighted by atomic mass is 35.5. The van der Waals surface area contributed by atoms with Crippen LogP contribution in [0, 0.1) is 22.0 Å². The van der Waals surface area contributed by atoms with Crippen LogP contribution in [-0.2, 0) is 9.59 Å². The number of amides is 2. The molecule has 0 radical (unpaired) electrons. The fraction of sp³-hybridized carbons (Fsp3) is 0.238. The second-order valence-corrected chi connectivity index (χ2v) is 7.51. The molecule has 1 aliphatic carbocycles. The van der Waals surface area contributed by atoms with E-state index < -0.39 is 16.8 Å². The number of methoxy groups -OCH3 is 1. The molecule has 0 aromatic heterocycles. The molecule has 2 atom stereocenters. The molecular formula is C21H18ClN3O5.